The van der Waals surface area contributed by atoms with Gasteiger partial charge in [0, 0.05) is 54.1 Å². The molecule has 0 spiro atoms. The normalized spacial score (nSPS) is 16.6. The van der Waals surface area contributed by atoms with Crippen molar-refractivity contribution in [1.82, 2.24) is 15.5 Å². The monoisotopic (exact) mass is 1030 g/mol. The first-order valence-corrected chi connectivity index (χ1v) is 27.4. The highest BCUT2D eigenvalue weighted by Crippen LogP contribution is 2.45. The highest BCUT2D eigenvalue weighted by Gasteiger charge is 2.39. The van der Waals surface area contributed by atoms with Crippen LogP contribution in [0.15, 0.2) is 76.9 Å². The van der Waals surface area contributed by atoms with Crippen LogP contribution in [0, 0.1) is 0 Å². The predicted molar refractivity (Wildman–Crippen MR) is 273 cm³/mol. The molecule has 1 saturated heterocycles. The topological polar surface area (TPSA) is 185 Å². The van der Waals surface area contributed by atoms with E-state index >= 15 is 0 Å². The van der Waals surface area contributed by atoms with Crippen LogP contribution in [-0.4, -0.2) is 130 Å². The minimum atomic E-state index is -0.765. The molecular weight excluding hydrogens is 958 g/mol. The molecule has 18 heteroatoms. The van der Waals surface area contributed by atoms with Gasteiger partial charge in [0.25, 0.3) is 0 Å². The van der Waals surface area contributed by atoms with Gasteiger partial charge in [0.2, 0.25) is 5.91 Å². The van der Waals surface area contributed by atoms with Gasteiger partial charge in [0.05, 0.1) is 33.0 Å². The number of likely N-dealkylation sites (tertiary alicyclic amines) is 1. The molecule has 15 nitrogen and oxygen atoms in total. The Hall–Kier alpha value is -4.55. The van der Waals surface area contributed by atoms with Crippen LogP contribution in [0.5, 0.6) is 0 Å². The molecule has 2 N–H and O–H groups in total. The third-order valence-electron chi connectivity index (χ3n) is 12.0. The molecule has 1 aliphatic heterocycles. The minimum Gasteiger partial charge on any atom is -0.466 e. The highest BCUT2D eigenvalue weighted by molar-refractivity contribution is 8.76. The third-order valence-corrected chi connectivity index (χ3v) is 14.7. The number of amides is 2. The number of methoxy groups -OCH3 is 1. The van der Waals surface area contributed by atoms with E-state index in [4.69, 9.17) is 40.0 Å². The summed E-state index contributed by atoms with van der Waals surface area (Å²) in [6.45, 7) is 9.84. The summed E-state index contributed by atoms with van der Waals surface area (Å²) in [6, 6.07) is 15.1. The van der Waals surface area contributed by atoms with Crippen LogP contribution in [0.25, 0.3) is 0 Å². The van der Waals surface area contributed by atoms with E-state index in [0.29, 0.717) is 113 Å². The van der Waals surface area contributed by atoms with E-state index in [1.54, 1.807) is 18.7 Å². The molecule has 2 amide bonds. The number of allylic oxidation sites excluding steroid dienone is 2. The summed E-state index contributed by atoms with van der Waals surface area (Å²) in [6.07, 6.45) is 5.16. The number of alkyl carbamates (subject to hydrolysis) is 1. The number of benzene rings is 2. The van der Waals surface area contributed by atoms with E-state index < -0.39 is 36.2 Å². The second-order valence-electron chi connectivity index (χ2n) is 16.9. The Morgan fingerprint density at radius 1 is 0.829 bits per heavy atom. The Kier molecular flexibility index (Phi) is 26.9. The van der Waals surface area contributed by atoms with E-state index in [-0.39, 0.29) is 56.6 Å². The Morgan fingerprint density at radius 2 is 1.54 bits per heavy atom. The number of nitrogens with one attached hydrogen (secondary N) is 2. The van der Waals surface area contributed by atoms with Crippen molar-refractivity contribution in [3.8, 4) is 0 Å². The molecule has 0 saturated carbocycles. The van der Waals surface area contributed by atoms with E-state index in [1.807, 2.05) is 61.5 Å². The number of aryl methyl sites for hydroxylation is 1. The molecule has 2 aromatic carbocycles. The average molecular weight is 1030 g/mol. The van der Waals surface area contributed by atoms with Crippen molar-refractivity contribution >= 4 is 69.1 Å². The standard InChI is InChI=1S/C52H72ClN3O12S2/c1-6-39-38(34-36(4)46(51(61)63-5)47(39)40-20-12-13-21-41(40)53)35-64-29-17-24-45(57)67-30-32-69-70-33-31-68-52(62)54-27-15-14-22-42(48(58)56-28-16-23-44(56)50(60)66-8-3)55-43(49(59)65-7-2)26-25-37-18-10-9-11-19-37/h9-13,18-21,42-44,47,55H,6-8,14-17,22-35H2,1-5H3,(H,54,62)/t42-,43?,44-,47?/m0/s1. The van der Waals surface area contributed by atoms with Gasteiger partial charge in [-0.2, -0.15) is 0 Å². The van der Waals surface area contributed by atoms with Crippen molar-refractivity contribution < 1.29 is 57.2 Å². The molecule has 4 atom stereocenters. The predicted octanol–water partition coefficient (Wildman–Crippen LogP) is 8.72. The van der Waals surface area contributed by atoms with Crippen LogP contribution in [0.2, 0.25) is 5.02 Å². The number of rotatable bonds is 31. The molecule has 1 heterocycles. The highest BCUT2D eigenvalue weighted by atomic mass is 35.5. The zero-order valence-corrected chi connectivity index (χ0v) is 43.8. The quantitative estimate of drug-likeness (QED) is 0.0240. The third kappa shape index (κ3) is 18.9. The molecular formula is C52H72ClN3O12S2. The molecule has 70 heavy (non-hydrogen) atoms. The van der Waals surface area contributed by atoms with Crippen molar-refractivity contribution in [2.24, 2.45) is 0 Å². The van der Waals surface area contributed by atoms with Gasteiger partial charge in [-0.3, -0.25) is 19.7 Å². The molecule has 0 aromatic heterocycles. The lowest BCUT2D eigenvalue weighted by Crippen LogP contribution is -2.54. The summed E-state index contributed by atoms with van der Waals surface area (Å²) >= 11 is 6.62. The smallest absolute Gasteiger partial charge is 0.407 e. The number of carbonyl (C=O) groups is 6. The van der Waals surface area contributed by atoms with E-state index in [9.17, 15) is 28.8 Å². The van der Waals surface area contributed by atoms with Gasteiger partial charge in [-0.1, -0.05) is 99.8 Å². The van der Waals surface area contributed by atoms with Gasteiger partial charge < -0.3 is 38.6 Å². The van der Waals surface area contributed by atoms with Crippen LogP contribution in [0.3, 0.4) is 0 Å². The zero-order chi connectivity index (χ0) is 50.7. The van der Waals surface area contributed by atoms with E-state index in [1.165, 1.54) is 28.7 Å². The van der Waals surface area contributed by atoms with Crippen LogP contribution in [0.1, 0.15) is 109 Å². The fourth-order valence-electron chi connectivity index (χ4n) is 8.69. The van der Waals surface area contributed by atoms with Crippen molar-refractivity contribution in [2.45, 2.75) is 122 Å². The van der Waals surface area contributed by atoms with Crippen LogP contribution < -0.4 is 10.6 Å². The molecule has 2 unspecified atom stereocenters. The lowest BCUT2D eigenvalue weighted by Gasteiger charge is -2.32. The summed E-state index contributed by atoms with van der Waals surface area (Å²) in [5.74, 6) is -0.991. The van der Waals surface area contributed by atoms with E-state index in [0.717, 1.165) is 27.8 Å². The zero-order valence-electron chi connectivity index (χ0n) is 41.4. The van der Waals surface area contributed by atoms with Crippen molar-refractivity contribution in [1.29, 1.82) is 0 Å². The van der Waals surface area contributed by atoms with E-state index in [2.05, 4.69) is 17.6 Å². The van der Waals surface area contributed by atoms with Gasteiger partial charge in [-0.15, -0.1) is 0 Å². The van der Waals surface area contributed by atoms with Crippen molar-refractivity contribution in [2.75, 3.05) is 71.3 Å². The summed E-state index contributed by atoms with van der Waals surface area (Å²) in [5, 5.41) is 6.64. The molecule has 1 aliphatic carbocycles. The van der Waals surface area contributed by atoms with Gasteiger partial charge in [0.15, 0.2) is 0 Å². The number of hydrogen-bond acceptors (Lipinski definition) is 15. The van der Waals surface area contributed by atoms with Crippen LogP contribution >= 0.6 is 33.2 Å². The maximum Gasteiger partial charge on any atom is 0.407 e. The fourth-order valence-corrected chi connectivity index (χ4v) is 10.6. The number of halogens is 1. The number of esters is 4. The Labute approximate surface area is 426 Å². The summed E-state index contributed by atoms with van der Waals surface area (Å²) in [4.78, 5) is 79.2. The van der Waals surface area contributed by atoms with Gasteiger partial charge in [0.1, 0.15) is 25.3 Å². The van der Waals surface area contributed by atoms with Crippen molar-refractivity contribution in [3.05, 3.63) is 93.0 Å². The summed E-state index contributed by atoms with van der Waals surface area (Å²) < 4.78 is 32.6. The van der Waals surface area contributed by atoms with Crippen LogP contribution in [0.4, 0.5) is 4.79 Å². The lowest BCUT2D eigenvalue weighted by molar-refractivity contribution is -0.154. The number of carbonyl (C=O) groups excluding carboxylic acids is 6. The Morgan fingerprint density at radius 3 is 2.24 bits per heavy atom. The molecule has 2 aliphatic rings. The summed E-state index contributed by atoms with van der Waals surface area (Å²) in [7, 11) is 4.42. The molecule has 4 rings (SSSR count). The molecule has 0 bridgehead atoms. The maximum absolute atomic E-state index is 14.0. The molecule has 1 fully saturated rings. The number of hydrogen-bond donors (Lipinski definition) is 2. The second-order valence-corrected chi connectivity index (χ2v) is 20.0. The van der Waals surface area contributed by atoms with Crippen LogP contribution in [-0.2, 0) is 58.8 Å². The SMILES string of the molecule is CCOC(=O)C(CCc1ccccc1)N[C@@H](CCCCNC(=O)OCCSSCCOC(=O)CCCOCC1=C(CC)C(c2ccccc2Cl)C(C(=O)OC)=C(C)C1)C(=O)N1CCC[C@H]1C(=O)OCC. The Balaban J connectivity index is 1.10. The largest absolute Gasteiger partial charge is 0.466 e. The first kappa shape index (κ1) is 58.0. The number of ether oxygens (including phenoxy) is 6. The first-order valence-electron chi connectivity index (χ1n) is 24.5. The second kappa shape index (κ2) is 32.4. The Bertz CT molecular complexity index is 2070. The fraction of sp³-hybridized carbons (Fsp3) is 0.577. The molecule has 0 radical (unpaired) electrons. The minimum absolute atomic E-state index is 0.194. The van der Waals surface area contributed by atoms with Gasteiger partial charge in [-0.05, 0) is 108 Å². The number of unbranched alkanes of at least 4 members (excludes halogenated alkanes) is 1. The van der Waals surface area contributed by atoms with Gasteiger partial charge >= 0.3 is 30.0 Å². The maximum atomic E-state index is 14.0. The lowest BCUT2D eigenvalue weighted by atomic mass is 9.74. The molecule has 2 aromatic rings. The summed E-state index contributed by atoms with van der Waals surface area (Å²) in [5.41, 5.74) is 5.64. The first-order chi connectivity index (χ1) is 33.9. The number of nitrogens with zero attached hydrogens (tertiary/aromatic N) is 1. The van der Waals surface area contributed by atoms with Gasteiger partial charge in [-0.25, -0.2) is 14.4 Å². The van der Waals surface area contributed by atoms with Crippen molar-refractivity contribution in [3.63, 3.8) is 0 Å². The average Bonchev–Trinajstić information content (AvgIpc) is 3.86. The molecule has 386 valence electrons.